The molecule has 0 atom stereocenters. The Morgan fingerprint density at radius 1 is 1.08 bits per heavy atom. The fourth-order valence-electron chi connectivity index (χ4n) is 2.00. The molecular formula is C16H8BrClN2O3S. The van der Waals surface area contributed by atoms with E-state index in [1.807, 2.05) is 0 Å². The highest BCUT2D eigenvalue weighted by atomic mass is 79.9. The molecule has 3 rings (SSSR count). The molecule has 2 aromatic carbocycles. The summed E-state index contributed by atoms with van der Waals surface area (Å²) in [5.74, 6) is 0.0407. The third-order valence-electron chi connectivity index (χ3n) is 3.16. The van der Waals surface area contributed by atoms with Gasteiger partial charge < -0.3 is 4.42 Å². The van der Waals surface area contributed by atoms with Gasteiger partial charge in [0, 0.05) is 15.1 Å². The molecule has 0 saturated carbocycles. The van der Waals surface area contributed by atoms with Crippen molar-refractivity contribution in [3.8, 4) is 17.5 Å². The molecule has 0 amide bonds. The molecule has 5 nitrogen and oxygen atoms in total. The van der Waals surface area contributed by atoms with E-state index in [1.165, 1.54) is 12.1 Å². The van der Waals surface area contributed by atoms with Crippen LogP contribution in [0.2, 0.25) is 5.02 Å². The Morgan fingerprint density at radius 2 is 1.71 bits per heavy atom. The summed E-state index contributed by atoms with van der Waals surface area (Å²) in [6.07, 6.45) is 0. The summed E-state index contributed by atoms with van der Waals surface area (Å²) < 4.78 is 31.5. The monoisotopic (exact) mass is 422 g/mol. The van der Waals surface area contributed by atoms with Gasteiger partial charge in [0.05, 0.1) is 4.90 Å². The minimum Gasteiger partial charge on any atom is -0.423 e. The molecule has 1 heterocycles. The number of nitrogens with zero attached hydrogens (tertiary/aromatic N) is 2. The molecule has 0 spiro atoms. The van der Waals surface area contributed by atoms with Crippen LogP contribution < -0.4 is 0 Å². The van der Waals surface area contributed by atoms with Gasteiger partial charge in [0.1, 0.15) is 6.07 Å². The molecule has 1 aromatic heterocycles. The summed E-state index contributed by atoms with van der Waals surface area (Å²) in [6, 6.07) is 14.3. The lowest BCUT2D eigenvalue weighted by molar-refractivity contribution is 0.457. The van der Waals surface area contributed by atoms with Crippen LogP contribution in [-0.2, 0) is 9.84 Å². The Balaban J connectivity index is 2.13. The van der Waals surface area contributed by atoms with Crippen LogP contribution >= 0.6 is 27.5 Å². The van der Waals surface area contributed by atoms with E-state index >= 15 is 0 Å². The van der Waals surface area contributed by atoms with E-state index in [-0.39, 0.29) is 16.5 Å². The van der Waals surface area contributed by atoms with Crippen LogP contribution in [0.3, 0.4) is 0 Å². The number of aromatic nitrogens is 1. The molecule has 0 fully saturated rings. The molecule has 0 unspecified atom stereocenters. The molecule has 0 aliphatic carbocycles. The first-order valence-corrected chi connectivity index (χ1v) is 9.25. The second-order valence-corrected chi connectivity index (χ2v) is 7.93. The Labute approximate surface area is 151 Å². The summed E-state index contributed by atoms with van der Waals surface area (Å²) in [5.41, 5.74) is 0.232. The SMILES string of the molecule is N#Cc1nc(-c2ccc(Cl)cc2)oc1S(=O)(=O)c1ccc(Br)cc1. The fraction of sp³-hybridized carbons (Fsp3) is 0. The molecule has 8 heteroatoms. The van der Waals surface area contributed by atoms with Crippen molar-refractivity contribution in [1.82, 2.24) is 4.98 Å². The lowest BCUT2D eigenvalue weighted by Gasteiger charge is -2.01. The topological polar surface area (TPSA) is 84.0 Å². The van der Waals surface area contributed by atoms with Crippen molar-refractivity contribution < 1.29 is 12.8 Å². The summed E-state index contributed by atoms with van der Waals surface area (Å²) >= 11 is 9.07. The van der Waals surface area contributed by atoms with E-state index in [1.54, 1.807) is 42.5 Å². The molecule has 24 heavy (non-hydrogen) atoms. The molecule has 0 aliphatic rings. The zero-order valence-corrected chi connectivity index (χ0v) is 15.1. The van der Waals surface area contributed by atoms with Gasteiger partial charge >= 0.3 is 0 Å². The molecule has 0 saturated heterocycles. The van der Waals surface area contributed by atoms with E-state index in [4.69, 9.17) is 16.0 Å². The van der Waals surface area contributed by atoms with Crippen molar-refractivity contribution in [3.63, 3.8) is 0 Å². The van der Waals surface area contributed by atoms with Gasteiger partial charge in [-0.3, -0.25) is 0 Å². The van der Waals surface area contributed by atoms with Crippen molar-refractivity contribution in [1.29, 1.82) is 5.26 Å². The Morgan fingerprint density at radius 3 is 2.29 bits per heavy atom. The quantitative estimate of drug-likeness (QED) is 0.621. The molecule has 0 bridgehead atoms. The Bertz CT molecular complexity index is 1040. The van der Waals surface area contributed by atoms with E-state index in [0.29, 0.717) is 10.6 Å². The average Bonchev–Trinajstić information content (AvgIpc) is 3.01. The molecule has 0 radical (unpaired) electrons. The van der Waals surface area contributed by atoms with Crippen LogP contribution in [0.4, 0.5) is 0 Å². The van der Waals surface area contributed by atoms with Crippen LogP contribution in [-0.4, -0.2) is 13.4 Å². The molecular weight excluding hydrogens is 416 g/mol. The van der Waals surface area contributed by atoms with Gasteiger partial charge in [-0.2, -0.15) is 10.2 Å². The van der Waals surface area contributed by atoms with E-state index < -0.39 is 14.9 Å². The maximum Gasteiger partial charge on any atom is 0.261 e. The van der Waals surface area contributed by atoms with Gasteiger partial charge in [-0.25, -0.2) is 8.42 Å². The zero-order chi connectivity index (χ0) is 17.3. The predicted molar refractivity (Wildman–Crippen MR) is 91.3 cm³/mol. The molecule has 0 aliphatic heterocycles. The van der Waals surface area contributed by atoms with Crippen LogP contribution in [0, 0.1) is 11.3 Å². The summed E-state index contributed by atoms with van der Waals surface area (Å²) in [7, 11) is -3.99. The standard InChI is InChI=1S/C16H8BrClN2O3S/c17-11-3-7-13(8-4-11)24(21,22)16-14(9-19)20-15(23-16)10-1-5-12(18)6-2-10/h1-8H. The highest BCUT2D eigenvalue weighted by Crippen LogP contribution is 2.30. The third-order valence-corrected chi connectivity index (χ3v) is 5.60. The van der Waals surface area contributed by atoms with Gasteiger partial charge in [-0.15, -0.1) is 0 Å². The third kappa shape index (κ3) is 3.08. The van der Waals surface area contributed by atoms with Gasteiger partial charge in [-0.1, -0.05) is 27.5 Å². The lowest BCUT2D eigenvalue weighted by atomic mass is 10.2. The number of rotatable bonds is 3. The van der Waals surface area contributed by atoms with Crippen molar-refractivity contribution in [2.24, 2.45) is 0 Å². The first kappa shape index (κ1) is 16.7. The normalized spacial score (nSPS) is 11.2. The van der Waals surface area contributed by atoms with E-state index in [2.05, 4.69) is 20.9 Å². The molecule has 3 aromatic rings. The predicted octanol–water partition coefficient (Wildman–Crippen LogP) is 4.46. The number of oxazole rings is 1. The molecule has 120 valence electrons. The summed E-state index contributed by atoms with van der Waals surface area (Å²) in [6.45, 7) is 0. The lowest BCUT2D eigenvalue weighted by Crippen LogP contribution is -2.02. The number of sulfone groups is 1. The average molecular weight is 424 g/mol. The van der Waals surface area contributed by atoms with Crippen LogP contribution in [0.25, 0.3) is 11.5 Å². The number of hydrogen-bond donors (Lipinski definition) is 0. The Kier molecular flexibility index (Phi) is 4.45. The smallest absolute Gasteiger partial charge is 0.261 e. The molecule has 0 N–H and O–H groups in total. The minimum atomic E-state index is -3.99. The highest BCUT2D eigenvalue weighted by molar-refractivity contribution is 9.10. The fourth-order valence-corrected chi connectivity index (χ4v) is 3.63. The van der Waals surface area contributed by atoms with Crippen LogP contribution in [0.15, 0.2) is 67.4 Å². The zero-order valence-electron chi connectivity index (χ0n) is 11.9. The van der Waals surface area contributed by atoms with Crippen molar-refractivity contribution in [2.45, 2.75) is 9.99 Å². The number of halogens is 2. The number of nitriles is 1. The van der Waals surface area contributed by atoms with E-state index in [9.17, 15) is 13.7 Å². The number of benzene rings is 2. The van der Waals surface area contributed by atoms with Crippen LogP contribution in [0.1, 0.15) is 5.69 Å². The van der Waals surface area contributed by atoms with Crippen molar-refractivity contribution in [3.05, 3.63) is 63.7 Å². The minimum absolute atomic E-state index is 0.0148. The first-order chi connectivity index (χ1) is 11.4. The largest absolute Gasteiger partial charge is 0.423 e. The van der Waals surface area contributed by atoms with Gasteiger partial charge in [0.15, 0.2) is 5.69 Å². The van der Waals surface area contributed by atoms with Gasteiger partial charge in [0.2, 0.25) is 15.7 Å². The first-order valence-electron chi connectivity index (χ1n) is 6.59. The Hall–Kier alpha value is -2.14. The summed E-state index contributed by atoms with van der Waals surface area (Å²) in [5, 5.41) is 9.26. The van der Waals surface area contributed by atoms with Crippen LogP contribution in [0.5, 0.6) is 0 Å². The second-order valence-electron chi connectivity index (χ2n) is 4.73. The maximum absolute atomic E-state index is 12.7. The highest BCUT2D eigenvalue weighted by Gasteiger charge is 2.28. The summed E-state index contributed by atoms with van der Waals surface area (Å²) in [4.78, 5) is 3.99. The van der Waals surface area contributed by atoms with Crippen molar-refractivity contribution in [2.75, 3.05) is 0 Å². The second kappa shape index (κ2) is 6.40. The number of hydrogen-bond acceptors (Lipinski definition) is 5. The van der Waals surface area contributed by atoms with Gasteiger partial charge in [0.25, 0.3) is 5.09 Å². The van der Waals surface area contributed by atoms with Gasteiger partial charge in [-0.05, 0) is 48.5 Å². The van der Waals surface area contributed by atoms with E-state index in [0.717, 1.165) is 4.47 Å². The maximum atomic E-state index is 12.7. The van der Waals surface area contributed by atoms with Crippen molar-refractivity contribution >= 4 is 37.4 Å².